The summed E-state index contributed by atoms with van der Waals surface area (Å²) < 4.78 is 22.9. The first-order valence-electron chi connectivity index (χ1n) is 9.29. The number of sulfonamides is 1. The van der Waals surface area contributed by atoms with Gasteiger partial charge in [0.05, 0.1) is 4.90 Å². The van der Waals surface area contributed by atoms with Crippen molar-refractivity contribution in [2.45, 2.75) is 38.0 Å². The van der Waals surface area contributed by atoms with Crippen LogP contribution in [0.25, 0.3) is 0 Å². The molecule has 0 unspecified atom stereocenters. The molecule has 1 aliphatic rings. The van der Waals surface area contributed by atoms with Crippen LogP contribution in [0, 0.1) is 12.8 Å². The largest absolute Gasteiger partial charge is 0.356 e. The van der Waals surface area contributed by atoms with Gasteiger partial charge in [-0.25, -0.2) is 23.5 Å². The third-order valence-electron chi connectivity index (χ3n) is 4.65. The molecule has 3 N–H and O–H groups in total. The van der Waals surface area contributed by atoms with Crippen molar-refractivity contribution in [3.63, 3.8) is 0 Å². The highest BCUT2D eigenvalue weighted by atomic mass is 32.2. The summed E-state index contributed by atoms with van der Waals surface area (Å²) in [5.41, 5.74) is 1.35. The number of amides is 1. The zero-order valence-corrected chi connectivity index (χ0v) is 16.9. The minimum absolute atomic E-state index is 0.00241. The van der Waals surface area contributed by atoms with Crippen molar-refractivity contribution < 1.29 is 13.2 Å². The fourth-order valence-electron chi connectivity index (χ4n) is 2.97. The standard InChI is InChI=1S/C19H25N5O3S/c1-3-8-24(11-14-4-5-14)18-10-17(21-12-22-18)19(25)23-16-7-6-15(9-13(16)2)28(20,26)27/h6-7,9-10,12,14H,3-5,8,11H2,1-2H3,(H,23,25)(H2,20,26,27). The van der Waals surface area contributed by atoms with E-state index in [1.807, 2.05) is 0 Å². The summed E-state index contributed by atoms with van der Waals surface area (Å²) in [4.78, 5) is 23.3. The van der Waals surface area contributed by atoms with Gasteiger partial charge in [-0.3, -0.25) is 4.79 Å². The Labute approximate surface area is 165 Å². The molecule has 1 fully saturated rings. The second-order valence-electron chi connectivity index (χ2n) is 7.13. The van der Waals surface area contributed by atoms with E-state index in [1.54, 1.807) is 13.0 Å². The van der Waals surface area contributed by atoms with Gasteiger partial charge in [-0.15, -0.1) is 0 Å². The van der Waals surface area contributed by atoms with Gasteiger partial charge in [-0.2, -0.15) is 0 Å². The maximum Gasteiger partial charge on any atom is 0.274 e. The molecule has 150 valence electrons. The molecule has 0 spiro atoms. The number of carbonyl (C=O) groups excluding carboxylic acids is 1. The normalized spacial score (nSPS) is 14.0. The molecule has 1 aromatic carbocycles. The van der Waals surface area contributed by atoms with Crippen LogP contribution in [0.1, 0.15) is 42.2 Å². The molecule has 1 heterocycles. The van der Waals surface area contributed by atoms with Crippen LogP contribution in [0.15, 0.2) is 35.5 Å². The number of rotatable bonds is 8. The van der Waals surface area contributed by atoms with Crippen molar-refractivity contribution in [2.75, 3.05) is 23.3 Å². The van der Waals surface area contributed by atoms with Gasteiger partial charge in [-0.1, -0.05) is 6.92 Å². The monoisotopic (exact) mass is 403 g/mol. The van der Waals surface area contributed by atoms with E-state index in [4.69, 9.17) is 5.14 Å². The summed E-state index contributed by atoms with van der Waals surface area (Å²) in [5.74, 6) is 1.08. The number of primary sulfonamides is 1. The molecule has 9 heteroatoms. The molecule has 0 aliphatic heterocycles. The van der Waals surface area contributed by atoms with Crippen LogP contribution in [0.2, 0.25) is 0 Å². The molecule has 1 aromatic heterocycles. The third kappa shape index (κ3) is 5.05. The van der Waals surface area contributed by atoms with Crippen LogP contribution >= 0.6 is 0 Å². The first-order valence-corrected chi connectivity index (χ1v) is 10.8. The van der Waals surface area contributed by atoms with Crippen LogP contribution in [0.5, 0.6) is 0 Å². The second-order valence-corrected chi connectivity index (χ2v) is 8.69. The third-order valence-corrected chi connectivity index (χ3v) is 5.56. The van der Waals surface area contributed by atoms with Crippen LogP contribution < -0.4 is 15.4 Å². The molecule has 2 aromatic rings. The fraction of sp³-hybridized carbons (Fsp3) is 0.421. The summed E-state index contributed by atoms with van der Waals surface area (Å²) in [7, 11) is -3.79. The molecule has 0 radical (unpaired) electrons. The zero-order valence-electron chi connectivity index (χ0n) is 16.1. The van der Waals surface area contributed by atoms with Gasteiger partial charge in [0.25, 0.3) is 5.91 Å². The summed E-state index contributed by atoms with van der Waals surface area (Å²) in [5, 5.41) is 7.91. The molecule has 0 atom stereocenters. The highest BCUT2D eigenvalue weighted by Crippen LogP contribution is 2.31. The SMILES string of the molecule is CCCN(CC1CC1)c1cc(C(=O)Nc2ccc(S(N)(=O)=O)cc2C)ncn1. The van der Waals surface area contributed by atoms with E-state index in [0.29, 0.717) is 17.2 Å². The van der Waals surface area contributed by atoms with Crippen LogP contribution in [-0.2, 0) is 10.0 Å². The topological polar surface area (TPSA) is 118 Å². The minimum atomic E-state index is -3.79. The Morgan fingerprint density at radius 2 is 2.04 bits per heavy atom. The van der Waals surface area contributed by atoms with Gasteiger partial charge >= 0.3 is 0 Å². The van der Waals surface area contributed by atoms with Crippen LogP contribution in [-0.4, -0.2) is 37.4 Å². The number of nitrogens with zero attached hydrogens (tertiary/aromatic N) is 3. The Bertz CT molecular complexity index is 973. The Morgan fingerprint density at radius 1 is 1.29 bits per heavy atom. The van der Waals surface area contributed by atoms with Crippen molar-refractivity contribution in [1.82, 2.24) is 9.97 Å². The van der Waals surface area contributed by atoms with Gasteiger partial charge in [-0.05, 0) is 55.9 Å². The highest BCUT2D eigenvalue weighted by molar-refractivity contribution is 7.89. The predicted octanol–water partition coefficient (Wildman–Crippen LogP) is 2.31. The fourth-order valence-corrected chi connectivity index (χ4v) is 3.56. The number of nitrogens with one attached hydrogen (secondary N) is 1. The van der Waals surface area contributed by atoms with Gasteiger partial charge in [0.15, 0.2) is 0 Å². The van der Waals surface area contributed by atoms with Gasteiger partial charge in [0, 0.05) is 24.8 Å². The van der Waals surface area contributed by atoms with Crippen LogP contribution in [0.3, 0.4) is 0 Å². The Balaban J connectivity index is 1.77. The van der Waals surface area contributed by atoms with Crippen LogP contribution in [0.4, 0.5) is 11.5 Å². The number of benzene rings is 1. The van der Waals surface area contributed by atoms with Gasteiger partial charge in [0.1, 0.15) is 17.8 Å². The van der Waals surface area contributed by atoms with E-state index in [0.717, 1.165) is 25.3 Å². The van der Waals surface area contributed by atoms with E-state index in [9.17, 15) is 13.2 Å². The number of hydrogen-bond donors (Lipinski definition) is 2. The van der Waals surface area contributed by atoms with E-state index < -0.39 is 10.0 Å². The lowest BCUT2D eigenvalue weighted by Crippen LogP contribution is -2.28. The molecule has 1 aliphatic carbocycles. The molecule has 28 heavy (non-hydrogen) atoms. The quantitative estimate of drug-likeness (QED) is 0.698. The average Bonchev–Trinajstić information content (AvgIpc) is 3.46. The number of nitrogens with two attached hydrogens (primary N) is 1. The molecular weight excluding hydrogens is 378 g/mol. The molecule has 3 rings (SSSR count). The summed E-state index contributed by atoms with van der Waals surface area (Å²) in [6.07, 6.45) is 4.88. The molecule has 8 nitrogen and oxygen atoms in total. The Hall–Kier alpha value is -2.52. The lowest BCUT2D eigenvalue weighted by molar-refractivity contribution is 0.102. The van der Waals surface area contributed by atoms with Crippen molar-refractivity contribution in [1.29, 1.82) is 0 Å². The lowest BCUT2D eigenvalue weighted by atomic mass is 10.2. The van der Waals surface area contributed by atoms with Gasteiger partial charge < -0.3 is 10.2 Å². The Morgan fingerprint density at radius 3 is 2.64 bits per heavy atom. The van der Waals surface area contributed by atoms with E-state index in [2.05, 4.69) is 27.1 Å². The smallest absolute Gasteiger partial charge is 0.274 e. The number of carbonyl (C=O) groups is 1. The highest BCUT2D eigenvalue weighted by Gasteiger charge is 2.25. The van der Waals surface area contributed by atoms with Crippen molar-refractivity contribution >= 4 is 27.4 Å². The molecule has 0 saturated heterocycles. The van der Waals surface area contributed by atoms with Gasteiger partial charge in [0.2, 0.25) is 10.0 Å². The first kappa shape index (κ1) is 20.2. The summed E-state index contributed by atoms with van der Waals surface area (Å²) >= 11 is 0. The minimum Gasteiger partial charge on any atom is -0.356 e. The molecule has 1 amide bonds. The van der Waals surface area contributed by atoms with E-state index in [1.165, 1.54) is 37.4 Å². The first-order chi connectivity index (χ1) is 13.3. The summed E-state index contributed by atoms with van der Waals surface area (Å²) in [6, 6.07) is 6.00. The summed E-state index contributed by atoms with van der Waals surface area (Å²) in [6.45, 7) is 5.64. The number of aryl methyl sites for hydroxylation is 1. The maximum absolute atomic E-state index is 12.7. The number of aromatic nitrogens is 2. The van der Waals surface area contributed by atoms with Crippen molar-refractivity contribution in [2.24, 2.45) is 11.1 Å². The predicted molar refractivity (Wildman–Crippen MR) is 108 cm³/mol. The second kappa shape index (κ2) is 8.24. The molecule has 1 saturated carbocycles. The number of anilines is 2. The van der Waals surface area contributed by atoms with E-state index >= 15 is 0 Å². The number of hydrogen-bond acceptors (Lipinski definition) is 6. The zero-order chi connectivity index (χ0) is 20.3. The average molecular weight is 404 g/mol. The van der Waals surface area contributed by atoms with E-state index in [-0.39, 0.29) is 16.5 Å². The Kier molecular flexibility index (Phi) is 5.95. The maximum atomic E-state index is 12.7. The van der Waals surface area contributed by atoms with Crippen molar-refractivity contribution in [3.8, 4) is 0 Å². The molecule has 0 bridgehead atoms. The van der Waals surface area contributed by atoms with Crippen molar-refractivity contribution in [3.05, 3.63) is 41.9 Å². The lowest BCUT2D eigenvalue weighted by Gasteiger charge is -2.23. The molecular formula is C19H25N5O3S.